The minimum atomic E-state index is -2.43. The first kappa shape index (κ1) is 55.1. The summed E-state index contributed by atoms with van der Waals surface area (Å²) in [6, 6.07) is 8.72. The van der Waals surface area contributed by atoms with E-state index in [0.29, 0.717) is 87.7 Å². The maximum absolute atomic E-state index is 16.4. The Labute approximate surface area is 468 Å². The van der Waals surface area contributed by atoms with Gasteiger partial charge in [0.25, 0.3) is 0 Å². The molecular formula is C63H45F15N6. The molecule has 0 amide bonds. The standard InChI is InChI=1S/C63H45F15N6/c64-46-43(47(65)53(71)58(76)52(46)70)40-28-10-16-34(79-28)61(22-4-1-5-23-61)35-17-11-29(80-35)41(44-48(66)54(72)59(77)55(73)49(44)67)31-13-19-37(82-31)63(26-8-3-9-27-63)39-21-15-33(84-39)42(45-50(68)56(74)60(78)57(75)51(45)69)32-14-20-38(83-32)62(24-6-2-7-25-62)36-18-12-30(40)81-36/h10-21,79-80,83H,1-9,22-27H2/b40-30+,41-31+,42-33+. The molecule has 6 aromatic rings. The van der Waals surface area contributed by atoms with Crippen LogP contribution in [0.15, 0.2) is 105 Å². The van der Waals surface area contributed by atoms with Gasteiger partial charge in [0.2, 0.25) is 17.5 Å². The zero-order valence-corrected chi connectivity index (χ0v) is 44.0. The molecule has 432 valence electrons. The van der Waals surface area contributed by atoms with E-state index in [0.717, 1.165) is 12.8 Å². The van der Waals surface area contributed by atoms with E-state index in [1.807, 2.05) is 0 Å². The predicted octanol–water partition coefficient (Wildman–Crippen LogP) is 17.2. The Balaban J connectivity index is 1.13. The molecular weight excluding hydrogens is 1130 g/mol. The van der Waals surface area contributed by atoms with Crippen molar-refractivity contribution in [3.05, 3.63) is 228 Å². The zero-order valence-electron chi connectivity index (χ0n) is 44.0. The highest BCUT2D eigenvalue weighted by atomic mass is 19.2. The van der Waals surface area contributed by atoms with Crippen LogP contribution in [-0.4, -0.2) is 32.1 Å². The van der Waals surface area contributed by atoms with Crippen molar-refractivity contribution in [2.24, 2.45) is 20.4 Å². The Kier molecular flexibility index (Phi) is 13.3. The maximum Gasteiger partial charge on any atom is 0.200 e. The van der Waals surface area contributed by atoms with Crippen molar-refractivity contribution in [1.82, 2.24) is 15.0 Å². The molecule has 12 bridgehead atoms. The molecule has 0 atom stereocenters. The Morgan fingerprint density at radius 3 is 0.798 bits per heavy atom. The topological polar surface area (TPSA) is 84.4 Å². The van der Waals surface area contributed by atoms with E-state index in [4.69, 9.17) is 15.0 Å². The fourth-order valence-corrected chi connectivity index (χ4v) is 13.9. The van der Waals surface area contributed by atoms with E-state index in [-0.39, 0.29) is 64.1 Å². The van der Waals surface area contributed by atoms with Gasteiger partial charge in [-0.2, -0.15) is 0 Å². The number of hydrogen-bond acceptors (Lipinski definition) is 3. The average Bonchev–Trinajstić information content (AvgIpc) is 1.91. The van der Waals surface area contributed by atoms with Crippen molar-refractivity contribution in [3.63, 3.8) is 0 Å². The SMILES string of the molecule is Fc1c(F)c(F)c(/C2=C3\C=CC(=N3)C3(CCCCC3)C3=N/C(=C(/c4c(F)c(F)c(F)c(F)c4F)c4ccc([nH]4)C4(CCCCC4)c4ccc([nH]4)/C(c4c(F)c(F)c(F)c(F)c4F)=C4/C=CC(=N4)C4(CCCCC4)c4ccc2[nH]4)C=C3)c(F)c1F. The molecule has 3 aromatic heterocycles. The summed E-state index contributed by atoms with van der Waals surface area (Å²) >= 11 is 0. The van der Waals surface area contributed by atoms with E-state index >= 15 is 52.7 Å². The fourth-order valence-electron chi connectivity index (χ4n) is 13.9. The van der Waals surface area contributed by atoms with Gasteiger partial charge in [0, 0.05) is 50.9 Å². The number of benzene rings is 3. The molecule has 3 saturated carbocycles. The summed E-state index contributed by atoms with van der Waals surface area (Å²) in [5.41, 5.74) is -9.07. The number of nitrogens with one attached hydrogen (secondary N) is 3. The molecule has 84 heavy (non-hydrogen) atoms. The summed E-state index contributed by atoms with van der Waals surface area (Å²) in [7, 11) is 0. The number of aromatic nitrogens is 3. The van der Waals surface area contributed by atoms with Crippen molar-refractivity contribution >= 4 is 33.9 Å². The van der Waals surface area contributed by atoms with Crippen molar-refractivity contribution < 1.29 is 65.9 Å². The van der Waals surface area contributed by atoms with E-state index in [2.05, 4.69) is 15.0 Å². The van der Waals surface area contributed by atoms with Gasteiger partial charge in [0.05, 0.1) is 67.2 Å². The molecule has 0 radical (unpaired) electrons. The molecule has 4 aliphatic heterocycles. The molecule has 0 unspecified atom stereocenters. The number of fused-ring (bicyclic) bond motifs is 15. The monoisotopic (exact) mass is 1170 g/mol. The van der Waals surface area contributed by atoms with E-state index in [1.165, 1.54) is 60.7 Å². The number of aromatic amines is 3. The molecule has 21 heteroatoms. The number of nitrogens with zero attached hydrogens (tertiary/aromatic N) is 3. The van der Waals surface area contributed by atoms with Gasteiger partial charge in [0.15, 0.2) is 69.8 Å². The van der Waals surface area contributed by atoms with Crippen LogP contribution in [0.2, 0.25) is 0 Å². The van der Waals surface area contributed by atoms with Crippen LogP contribution in [0.25, 0.3) is 16.7 Å². The lowest BCUT2D eigenvalue weighted by atomic mass is 9.67. The third-order valence-corrected chi connectivity index (χ3v) is 18.1. The van der Waals surface area contributed by atoms with Gasteiger partial charge in [0.1, 0.15) is 0 Å². The van der Waals surface area contributed by atoms with E-state index < -0.39 is 137 Å². The van der Waals surface area contributed by atoms with Gasteiger partial charge in [-0.05, 0) is 111 Å². The molecule has 7 aliphatic rings. The summed E-state index contributed by atoms with van der Waals surface area (Å²) in [6.45, 7) is 0. The van der Waals surface area contributed by atoms with Crippen LogP contribution in [0.3, 0.4) is 0 Å². The Morgan fingerprint density at radius 1 is 0.262 bits per heavy atom. The van der Waals surface area contributed by atoms with Gasteiger partial charge < -0.3 is 15.0 Å². The Bertz CT molecular complexity index is 4050. The summed E-state index contributed by atoms with van der Waals surface area (Å²) in [5, 5.41) is 0. The van der Waals surface area contributed by atoms with Crippen LogP contribution in [-0.2, 0) is 10.8 Å². The fraction of sp³-hybridized carbons (Fsp3) is 0.286. The van der Waals surface area contributed by atoms with Gasteiger partial charge in [-0.15, -0.1) is 0 Å². The third-order valence-electron chi connectivity index (χ3n) is 18.1. The average molecular weight is 1170 g/mol. The summed E-state index contributed by atoms with van der Waals surface area (Å²) in [6.07, 6.45) is 15.8. The minimum absolute atomic E-state index is 0.175. The smallest absolute Gasteiger partial charge is 0.200 e. The second kappa shape index (κ2) is 20.3. The molecule has 7 heterocycles. The highest BCUT2D eigenvalue weighted by Gasteiger charge is 2.46. The molecule has 0 saturated heterocycles. The van der Waals surface area contributed by atoms with Crippen LogP contribution >= 0.6 is 0 Å². The largest absolute Gasteiger partial charge is 0.358 e. The number of rotatable bonds is 3. The van der Waals surface area contributed by atoms with Crippen LogP contribution in [0.4, 0.5) is 65.9 Å². The normalized spacial score (nSPS) is 22.4. The van der Waals surface area contributed by atoms with E-state index in [1.54, 1.807) is 12.1 Å². The molecule has 3 aromatic carbocycles. The molecule has 3 fully saturated rings. The van der Waals surface area contributed by atoms with Crippen LogP contribution in [0.5, 0.6) is 0 Å². The summed E-state index contributed by atoms with van der Waals surface area (Å²) in [4.78, 5) is 24.3. The lowest BCUT2D eigenvalue weighted by Gasteiger charge is -2.36. The zero-order chi connectivity index (χ0) is 58.9. The molecule has 13 rings (SSSR count). The van der Waals surface area contributed by atoms with Crippen LogP contribution < -0.4 is 0 Å². The van der Waals surface area contributed by atoms with Gasteiger partial charge in [-0.1, -0.05) is 57.8 Å². The van der Waals surface area contributed by atoms with Crippen molar-refractivity contribution in [2.75, 3.05) is 0 Å². The summed E-state index contributed by atoms with van der Waals surface area (Å²) in [5.74, 6) is -33.9. The van der Waals surface area contributed by atoms with Crippen molar-refractivity contribution in [1.29, 1.82) is 0 Å². The van der Waals surface area contributed by atoms with Crippen LogP contribution in [0, 0.1) is 92.7 Å². The second-order valence-electron chi connectivity index (χ2n) is 22.4. The quantitative estimate of drug-likeness (QED) is 0.0896. The molecule has 3 aliphatic carbocycles. The van der Waals surface area contributed by atoms with Crippen molar-refractivity contribution in [2.45, 2.75) is 107 Å². The first-order chi connectivity index (χ1) is 40.3. The molecule has 3 spiro atoms. The first-order valence-corrected chi connectivity index (χ1v) is 27.5. The Morgan fingerprint density at radius 2 is 0.500 bits per heavy atom. The third kappa shape index (κ3) is 8.12. The number of aliphatic imine (C=N–C) groups is 3. The lowest BCUT2D eigenvalue weighted by molar-refractivity contribution is 0.333. The van der Waals surface area contributed by atoms with Crippen LogP contribution in [0.1, 0.15) is 147 Å². The molecule has 3 N–H and O–H groups in total. The first-order valence-electron chi connectivity index (χ1n) is 27.5. The number of halogens is 15. The summed E-state index contributed by atoms with van der Waals surface area (Å²) < 4.78 is 236. The minimum Gasteiger partial charge on any atom is -0.358 e. The Hall–Kier alpha value is -8.10. The highest BCUT2D eigenvalue weighted by Crippen LogP contribution is 2.51. The number of allylic oxidation sites excluding steroid dienone is 6. The van der Waals surface area contributed by atoms with Gasteiger partial charge >= 0.3 is 0 Å². The second-order valence-corrected chi connectivity index (χ2v) is 22.4. The highest BCUT2D eigenvalue weighted by molar-refractivity contribution is 6.23. The van der Waals surface area contributed by atoms with Gasteiger partial charge in [-0.3, -0.25) is 15.0 Å². The molecule has 6 nitrogen and oxygen atoms in total. The van der Waals surface area contributed by atoms with Gasteiger partial charge in [-0.25, -0.2) is 65.9 Å². The number of H-pyrrole nitrogens is 3. The van der Waals surface area contributed by atoms with Crippen molar-refractivity contribution in [3.8, 4) is 0 Å². The maximum atomic E-state index is 16.4. The van der Waals surface area contributed by atoms with E-state index in [9.17, 15) is 13.2 Å². The predicted molar refractivity (Wildman–Crippen MR) is 283 cm³/mol. The lowest BCUT2D eigenvalue weighted by Crippen LogP contribution is -2.38. The number of hydrogen-bond donors (Lipinski definition) is 3.